The molecule has 3 nitrogen and oxygen atoms in total. The topological polar surface area (TPSA) is 43.1 Å². The molecule has 94 valence electrons. The van der Waals surface area contributed by atoms with E-state index < -0.39 is 17.5 Å². The van der Waals surface area contributed by atoms with Gasteiger partial charge in [0.1, 0.15) is 0 Å². The summed E-state index contributed by atoms with van der Waals surface area (Å²) < 4.78 is 35.8. The molecule has 0 aliphatic carbocycles. The predicted molar refractivity (Wildman–Crippen MR) is 56.8 cm³/mol. The minimum absolute atomic E-state index is 0.000745. The monoisotopic (exact) mass is 247 g/mol. The van der Waals surface area contributed by atoms with E-state index in [2.05, 4.69) is 0 Å². The fourth-order valence-electron chi connectivity index (χ4n) is 1.57. The van der Waals surface area contributed by atoms with Crippen molar-refractivity contribution in [3.05, 3.63) is 39.4 Å². The SMILES string of the molecule is Cc1cc(CCCC(F)(F)F)ccc1[N+](=O)[O-]. The number of alkyl halides is 3. The second kappa shape index (κ2) is 5.16. The van der Waals surface area contributed by atoms with E-state index in [1.54, 1.807) is 13.0 Å². The second-order valence-electron chi connectivity index (χ2n) is 3.85. The van der Waals surface area contributed by atoms with Gasteiger partial charge in [0.25, 0.3) is 5.69 Å². The molecule has 1 aromatic carbocycles. The van der Waals surface area contributed by atoms with Crippen molar-refractivity contribution >= 4 is 5.69 Å². The Morgan fingerprint density at radius 2 is 2.00 bits per heavy atom. The smallest absolute Gasteiger partial charge is 0.258 e. The van der Waals surface area contributed by atoms with Crippen molar-refractivity contribution in [1.29, 1.82) is 0 Å². The molecule has 0 spiro atoms. The van der Waals surface area contributed by atoms with Gasteiger partial charge in [-0.1, -0.05) is 6.07 Å². The molecule has 0 aromatic heterocycles. The maximum absolute atomic E-state index is 11.9. The van der Waals surface area contributed by atoms with Gasteiger partial charge in [0.05, 0.1) is 4.92 Å². The molecule has 0 radical (unpaired) electrons. The van der Waals surface area contributed by atoms with Gasteiger partial charge < -0.3 is 0 Å². The molecular formula is C11H12F3NO2. The van der Waals surface area contributed by atoms with Gasteiger partial charge in [0.2, 0.25) is 0 Å². The molecule has 0 aliphatic rings. The molecule has 0 aliphatic heterocycles. The van der Waals surface area contributed by atoms with Gasteiger partial charge >= 0.3 is 6.18 Å². The van der Waals surface area contributed by atoms with Gasteiger partial charge in [-0.2, -0.15) is 13.2 Å². The zero-order valence-electron chi connectivity index (χ0n) is 9.25. The standard InChI is InChI=1S/C11H12F3NO2/c1-8-7-9(3-2-6-11(12,13)14)4-5-10(8)15(16)17/h4-5,7H,2-3,6H2,1H3. The molecule has 0 unspecified atom stereocenters. The van der Waals surface area contributed by atoms with Crippen LogP contribution < -0.4 is 0 Å². The van der Waals surface area contributed by atoms with E-state index in [0.717, 1.165) is 0 Å². The van der Waals surface area contributed by atoms with Crippen molar-refractivity contribution in [2.75, 3.05) is 0 Å². The third-order valence-corrected chi connectivity index (χ3v) is 2.38. The Morgan fingerprint density at radius 1 is 1.35 bits per heavy atom. The molecular weight excluding hydrogens is 235 g/mol. The largest absolute Gasteiger partial charge is 0.389 e. The minimum atomic E-state index is -4.14. The average molecular weight is 247 g/mol. The number of aryl methyl sites for hydroxylation is 2. The van der Waals surface area contributed by atoms with Crippen molar-refractivity contribution in [3.8, 4) is 0 Å². The highest BCUT2D eigenvalue weighted by atomic mass is 19.4. The first-order valence-electron chi connectivity index (χ1n) is 5.10. The summed E-state index contributed by atoms with van der Waals surface area (Å²) in [6.07, 6.45) is -4.70. The van der Waals surface area contributed by atoms with Crippen molar-refractivity contribution in [2.45, 2.75) is 32.4 Å². The van der Waals surface area contributed by atoms with Crippen LogP contribution in [0, 0.1) is 17.0 Å². The van der Waals surface area contributed by atoms with E-state index in [-0.39, 0.29) is 18.5 Å². The summed E-state index contributed by atoms with van der Waals surface area (Å²) in [7, 11) is 0. The number of halogens is 3. The number of nitro benzene ring substituents is 1. The highest BCUT2D eigenvalue weighted by Crippen LogP contribution is 2.24. The highest BCUT2D eigenvalue weighted by molar-refractivity contribution is 5.41. The quantitative estimate of drug-likeness (QED) is 0.600. The van der Waals surface area contributed by atoms with Gasteiger partial charge in [-0.15, -0.1) is 0 Å². The Labute approximate surface area is 96.4 Å². The first-order chi connectivity index (χ1) is 7.79. The summed E-state index contributed by atoms with van der Waals surface area (Å²) in [6.45, 7) is 1.57. The maximum Gasteiger partial charge on any atom is 0.389 e. The van der Waals surface area contributed by atoms with Gasteiger partial charge in [-0.05, 0) is 31.4 Å². The number of nitro groups is 1. The zero-order valence-corrected chi connectivity index (χ0v) is 9.25. The summed E-state index contributed by atoms with van der Waals surface area (Å²) in [4.78, 5) is 10.0. The van der Waals surface area contributed by atoms with Crippen LogP contribution >= 0.6 is 0 Å². The number of rotatable bonds is 4. The molecule has 0 saturated heterocycles. The molecule has 0 amide bonds. The maximum atomic E-state index is 11.9. The number of benzene rings is 1. The van der Waals surface area contributed by atoms with E-state index in [9.17, 15) is 23.3 Å². The predicted octanol–water partition coefficient (Wildman–Crippen LogP) is 3.79. The first-order valence-corrected chi connectivity index (χ1v) is 5.10. The average Bonchev–Trinajstić information content (AvgIpc) is 2.15. The minimum Gasteiger partial charge on any atom is -0.258 e. The van der Waals surface area contributed by atoms with Gasteiger partial charge in [0, 0.05) is 18.1 Å². The zero-order chi connectivity index (χ0) is 13.1. The van der Waals surface area contributed by atoms with Crippen molar-refractivity contribution < 1.29 is 18.1 Å². The molecule has 1 aromatic rings. The molecule has 0 fully saturated rings. The molecule has 6 heteroatoms. The van der Waals surface area contributed by atoms with Crippen molar-refractivity contribution in [2.24, 2.45) is 0 Å². The Balaban J connectivity index is 2.62. The van der Waals surface area contributed by atoms with Crippen molar-refractivity contribution in [3.63, 3.8) is 0 Å². The van der Waals surface area contributed by atoms with Crippen LogP contribution in [0.3, 0.4) is 0 Å². The van der Waals surface area contributed by atoms with E-state index in [1.165, 1.54) is 12.1 Å². The van der Waals surface area contributed by atoms with E-state index in [0.29, 0.717) is 11.1 Å². The molecule has 0 bridgehead atoms. The van der Waals surface area contributed by atoms with Crippen LogP contribution in [0.25, 0.3) is 0 Å². The fourth-order valence-corrected chi connectivity index (χ4v) is 1.57. The van der Waals surface area contributed by atoms with Crippen LogP contribution in [0.4, 0.5) is 18.9 Å². The van der Waals surface area contributed by atoms with Crippen LogP contribution in [-0.2, 0) is 6.42 Å². The third kappa shape index (κ3) is 4.42. The lowest BCUT2D eigenvalue weighted by molar-refractivity contribution is -0.385. The summed E-state index contributed by atoms with van der Waals surface area (Å²) in [5, 5.41) is 10.5. The molecule has 0 heterocycles. The molecule has 0 saturated carbocycles. The lowest BCUT2D eigenvalue weighted by Crippen LogP contribution is -2.07. The van der Waals surface area contributed by atoms with Crippen LogP contribution in [0.15, 0.2) is 18.2 Å². The Hall–Kier alpha value is -1.59. The summed E-state index contributed by atoms with van der Waals surface area (Å²) in [6, 6.07) is 4.40. The normalized spacial score (nSPS) is 11.5. The number of nitrogens with zero attached hydrogens (tertiary/aromatic N) is 1. The third-order valence-electron chi connectivity index (χ3n) is 2.38. The van der Waals surface area contributed by atoms with E-state index >= 15 is 0 Å². The molecule has 0 atom stereocenters. The van der Waals surface area contributed by atoms with Crippen LogP contribution in [0.1, 0.15) is 24.0 Å². The van der Waals surface area contributed by atoms with Gasteiger partial charge in [0.15, 0.2) is 0 Å². The van der Waals surface area contributed by atoms with E-state index in [4.69, 9.17) is 0 Å². The molecule has 1 rings (SSSR count). The Morgan fingerprint density at radius 3 is 2.47 bits per heavy atom. The van der Waals surface area contributed by atoms with Crippen LogP contribution in [0.2, 0.25) is 0 Å². The lowest BCUT2D eigenvalue weighted by atomic mass is 10.0. The summed E-state index contributed by atoms with van der Waals surface area (Å²) in [5.41, 5.74) is 1.15. The summed E-state index contributed by atoms with van der Waals surface area (Å²) in [5.74, 6) is 0. The number of hydrogen-bond acceptors (Lipinski definition) is 2. The fraction of sp³-hybridized carbons (Fsp3) is 0.455. The highest BCUT2D eigenvalue weighted by Gasteiger charge is 2.26. The van der Waals surface area contributed by atoms with Gasteiger partial charge in [-0.25, -0.2) is 0 Å². The van der Waals surface area contributed by atoms with Crippen molar-refractivity contribution in [1.82, 2.24) is 0 Å². The number of hydrogen-bond donors (Lipinski definition) is 0. The first kappa shape index (κ1) is 13.5. The second-order valence-corrected chi connectivity index (χ2v) is 3.85. The lowest BCUT2D eigenvalue weighted by Gasteiger charge is -2.06. The Kier molecular flexibility index (Phi) is 4.09. The molecule has 17 heavy (non-hydrogen) atoms. The van der Waals surface area contributed by atoms with Crippen LogP contribution in [-0.4, -0.2) is 11.1 Å². The van der Waals surface area contributed by atoms with E-state index in [1.807, 2.05) is 0 Å². The summed E-state index contributed by atoms with van der Waals surface area (Å²) >= 11 is 0. The Bertz CT molecular complexity index is 416. The van der Waals surface area contributed by atoms with Crippen LogP contribution in [0.5, 0.6) is 0 Å². The van der Waals surface area contributed by atoms with Gasteiger partial charge in [-0.3, -0.25) is 10.1 Å². The molecule has 0 N–H and O–H groups in total.